The van der Waals surface area contributed by atoms with Crippen LogP contribution in [-0.4, -0.2) is 33.1 Å². The fourth-order valence-electron chi connectivity index (χ4n) is 1.77. The first-order valence-electron chi connectivity index (χ1n) is 5.75. The zero-order valence-electron chi connectivity index (χ0n) is 10.7. The smallest absolute Gasteiger partial charge is 0.229 e. The molecule has 0 fully saturated rings. The zero-order chi connectivity index (χ0) is 13.6. The van der Waals surface area contributed by atoms with Crippen LogP contribution in [0.15, 0.2) is 35.3 Å². The van der Waals surface area contributed by atoms with Crippen LogP contribution in [0.3, 0.4) is 0 Å². The van der Waals surface area contributed by atoms with Crippen LogP contribution in [0.5, 0.6) is 0 Å². The van der Waals surface area contributed by atoms with E-state index in [0.29, 0.717) is 5.56 Å². The Balaban J connectivity index is 2.40. The summed E-state index contributed by atoms with van der Waals surface area (Å²) in [6.07, 6.45) is 0. The van der Waals surface area contributed by atoms with E-state index in [1.54, 1.807) is 45.0 Å². The van der Waals surface area contributed by atoms with Gasteiger partial charge in [0.15, 0.2) is 5.84 Å². The minimum atomic E-state index is -1.10. The van der Waals surface area contributed by atoms with Crippen LogP contribution in [0.4, 0.5) is 0 Å². The molecule has 5 nitrogen and oxygen atoms in total. The highest BCUT2D eigenvalue weighted by molar-refractivity contribution is 6.45. The Labute approximate surface area is 106 Å². The third-order valence-corrected chi connectivity index (χ3v) is 3.50. The number of nitrogens with two attached hydrogens (primary N) is 1. The van der Waals surface area contributed by atoms with Crippen molar-refractivity contribution in [1.29, 1.82) is 0 Å². The Morgan fingerprint density at radius 2 is 1.83 bits per heavy atom. The molecule has 0 aliphatic carbocycles. The van der Waals surface area contributed by atoms with Crippen LogP contribution >= 0.6 is 0 Å². The van der Waals surface area contributed by atoms with Crippen molar-refractivity contribution in [3.63, 3.8) is 0 Å². The molecule has 0 amide bonds. The number of hydrogen-bond donors (Lipinski definition) is 2. The van der Waals surface area contributed by atoms with Crippen LogP contribution in [0.2, 0.25) is 0 Å². The largest absolute Gasteiger partial charge is 0.305 e. The van der Waals surface area contributed by atoms with Crippen molar-refractivity contribution < 1.29 is 10.0 Å². The normalized spacial score (nSPS) is 26.1. The first-order chi connectivity index (χ1) is 8.27. The number of amidine groups is 1. The first kappa shape index (κ1) is 12.7. The molecule has 0 radical (unpaired) electrons. The van der Waals surface area contributed by atoms with E-state index >= 15 is 0 Å². The predicted molar refractivity (Wildman–Crippen MR) is 68.5 cm³/mol. The molecule has 0 saturated carbocycles. The molecule has 1 aliphatic heterocycles. The summed E-state index contributed by atoms with van der Waals surface area (Å²) in [6, 6.07) is 8.70. The fourth-order valence-corrected chi connectivity index (χ4v) is 1.77. The van der Waals surface area contributed by atoms with Crippen molar-refractivity contribution in [1.82, 2.24) is 5.06 Å². The number of rotatable bonds is 2. The topological polar surface area (TPSA) is 78.9 Å². The third-order valence-electron chi connectivity index (χ3n) is 3.50. The summed E-state index contributed by atoms with van der Waals surface area (Å²) in [5.74, 6) is -0.350. The quantitative estimate of drug-likeness (QED) is 0.775. The van der Waals surface area contributed by atoms with E-state index in [1.165, 1.54) is 0 Å². The van der Waals surface area contributed by atoms with Crippen molar-refractivity contribution in [3.05, 3.63) is 35.9 Å². The molecular weight excluding hydrogens is 230 g/mol. The lowest BCUT2D eigenvalue weighted by atomic mass is 9.92. The maximum Gasteiger partial charge on any atom is 0.229 e. The van der Waals surface area contributed by atoms with Gasteiger partial charge in [0.2, 0.25) is 5.78 Å². The number of carbonyl (C=O) groups excluding carboxylic acids is 1. The Morgan fingerprint density at radius 3 is 2.28 bits per heavy atom. The summed E-state index contributed by atoms with van der Waals surface area (Å²) in [6.45, 7) is 5.20. The fraction of sp³-hybridized carbons (Fsp3) is 0.385. The van der Waals surface area contributed by atoms with Gasteiger partial charge in [0.25, 0.3) is 0 Å². The third kappa shape index (κ3) is 1.72. The van der Waals surface area contributed by atoms with Gasteiger partial charge in [-0.3, -0.25) is 15.0 Å². The van der Waals surface area contributed by atoms with E-state index in [-0.39, 0.29) is 11.6 Å². The molecule has 0 spiro atoms. The van der Waals surface area contributed by atoms with Crippen LogP contribution in [0.25, 0.3) is 0 Å². The zero-order valence-corrected chi connectivity index (χ0v) is 10.7. The Morgan fingerprint density at radius 1 is 1.28 bits per heavy atom. The number of nitrogens with zero attached hydrogens (tertiary/aromatic N) is 2. The van der Waals surface area contributed by atoms with Gasteiger partial charge in [-0.05, 0) is 20.8 Å². The van der Waals surface area contributed by atoms with E-state index in [0.717, 1.165) is 5.06 Å². The van der Waals surface area contributed by atoms with Crippen LogP contribution < -0.4 is 5.73 Å². The second kappa shape index (κ2) is 3.90. The van der Waals surface area contributed by atoms with E-state index < -0.39 is 11.2 Å². The molecule has 2 rings (SSSR count). The van der Waals surface area contributed by atoms with Crippen LogP contribution in [0.1, 0.15) is 31.1 Å². The highest BCUT2D eigenvalue weighted by atomic mass is 16.5. The van der Waals surface area contributed by atoms with E-state index in [1.807, 2.05) is 6.07 Å². The molecule has 5 heteroatoms. The van der Waals surface area contributed by atoms with Gasteiger partial charge in [-0.25, -0.2) is 5.06 Å². The van der Waals surface area contributed by atoms with E-state index in [2.05, 4.69) is 4.99 Å². The SMILES string of the molecule is CC1(C)N=C(C(=O)c2ccccc2)N(O)[C@]1(C)N. The summed E-state index contributed by atoms with van der Waals surface area (Å²) in [4.78, 5) is 16.5. The Bertz CT molecular complexity index is 506. The molecule has 1 atom stereocenters. The molecule has 1 aromatic carbocycles. The van der Waals surface area contributed by atoms with Crippen LogP contribution in [0, 0.1) is 0 Å². The lowest BCUT2D eigenvalue weighted by Gasteiger charge is -2.36. The van der Waals surface area contributed by atoms with Gasteiger partial charge in [-0.15, -0.1) is 0 Å². The predicted octanol–water partition coefficient (Wildman–Crippen LogP) is 1.43. The molecule has 0 saturated heterocycles. The summed E-state index contributed by atoms with van der Waals surface area (Å²) in [7, 11) is 0. The van der Waals surface area contributed by atoms with Crippen molar-refractivity contribution >= 4 is 11.6 Å². The van der Waals surface area contributed by atoms with Gasteiger partial charge in [-0.2, -0.15) is 0 Å². The van der Waals surface area contributed by atoms with E-state index in [9.17, 15) is 10.0 Å². The molecule has 96 valence electrons. The molecule has 1 aromatic rings. The number of hydrogen-bond acceptors (Lipinski definition) is 5. The second-order valence-corrected chi connectivity index (χ2v) is 5.15. The highest BCUT2D eigenvalue weighted by Gasteiger charge is 2.51. The lowest BCUT2D eigenvalue weighted by molar-refractivity contribution is -0.105. The maximum absolute atomic E-state index is 12.2. The number of carbonyl (C=O) groups is 1. The highest BCUT2D eigenvalue weighted by Crippen LogP contribution is 2.33. The lowest BCUT2D eigenvalue weighted by Crippen LogP contribution is -2.61. The molecule has 1 heterocycles. The maximum atomic E-state index is 12.2. The molecule has 0 bridgehead atoms. The minimum Gasteiger partial charge on any atom is -0.305 e. The summed E-state index contributed by atoms with van der Waals surface area (Å²) in [5, 5.41) is 10.8. The van der Waals surface area contributed by atoms with Gasteiger partial charge < -0.3 is 5.73 Å². The monoisotopic (exact) mass is 247 g/mol. The average Bonchev–Trinajstić information content (AvgIpc) is 2.50. The van der Waals surface area contributed by atoms with Gasteiger partial charge in [0, 0.05) is 5.56 Å². The number of aliphatic imine (C=N–C) groups is 1. The number of benzene rings is 1. The molecule has 0 unspecified atom stereocenters. The standard InChI is InChI=1S/C13H17N3O2/c1-12(2)13(3,14)16(18)11(15-12)10(17)9-7-5-4-6-8-9/h4-8,18H,14H2,1-3H3/t13-/m0/s1. The van der Waals surface area contributed by atoms with Gasteiger partial charge in [0.05, 0.1) is 5.54 Å². The molecule has 1 aliphatic rings. The van der Waals surface area contributed by atoms with Crippen molar-refractivity contribution in [2.24, 2.45) is 10.7 Å². The summed E-state index contributed by atoms with van der Waals surface area (Å²) in [5.41, 5.74) is 4.65. The molecule has 3 N–H and O–H groups in total. The van der Waals surface area contributed by atoms with Gasteiger partial charge in [-0.1, -0.05) is 30.3 Å². The summed E-state index contributed by atoms with van der Waals surface area (Å²) < 4.78 is 0. The second-order valence-electron chi connectivity index (χ2n) is 5.15. The van der Waals surface area contributed by atoms with Crippen molar-refractivity contribution in [3.8, 4) is 0 Å². The van der Waals surface area contributed by atoms with Crippen molar-refractivity contribution in [2.45, 2.75) is 32.0 Å². The van der Waals surface area contributed by atoms with Crippen molar-refractivity contribution in [2.75, 3.05) is 0 Å². The number of Topliss-reactive ketones (excluding diaryl/α,β-unsaturated/α-hetero) is 1. The molecule has 0 aromatic heterocycles. The van der Waals surface area contributed by atoms with E-state index in [4.69, 9.17) is 5.73 Å². The summed E-state index contributed by atoms with van der Waals surface area (Å²) >= 11 is 0. The van der Waals surface area contributed by atoms with Gasteiger partial charge in [0.1, 0.15) is 5.66 Å². The first-order valence-corrected chi connectivity index (χ1v) is 5.75. The number of hydroxylamine groups is 2. The van der Waals surface area contributed by atoms with Crippen LogP contribution in [-0.2, 0) is 0 Å². The molecular formula is C13H17N3O2. The Hall–Kier alpha value is -1.72. The Kier molecular flexibility index (Phi) is 2.76. The molecule has 18 heavy (non-hydrogen) atoms. The number of ketones is 1. The van der Waals surface area contributed by atoms with Gasteiger partial charge >= 0.3 is 0 Å². The minimum absolute atomic E-state index is 0.0174. The average molecular weight is 247 g/mol.